The second-order valence-corrected chi connectivity index (χ2v) is 4.88. The lowest BCUT2D eigenvalue weighted by Crippen LogP contribution is -2.07. The molecule has 0 saturated heterocycles. The molecule has 0 aliphatic rings. The van der Waals surface area contributed by atoms with Crippen LogP contribution >= 0.6 is 0 Å². The van der Waals surface area contributed by atoms with Gasteiger partial charge in [-0.2, -0.15) is 0 Å². The predicted octanol–water partition coefficient (Wildman–Crippen LogP) is 4.19. The van der Waals surface area contributed by atoms with E-state index in [0.717, 1.165) is 17.2 Å². The first-order valence-electron chi connectivity index (χ1n) is 6.68. The highest BCUT2D eigenvalue weighted by atomic mass is 16.5. The first-order chi connectivity index (χ1) is 9.62. The van der Waals surface area contributed by atoms with Gasteiger partial charge in [0.1, 0.15) is 11.5 Å². The summed E-state index contributed by atoms with van der Waals surface area (Å²) in [4.78, 5) is 0. The van der Waals surface area contributed by atoms with E-state index in [1.165, 1.54) is 11.1 Å². The van der Waals surface area contributed by atoms with Crippen LogP contribution in [0.3, 0.4) is 0 Å². The summed E-state index contributed by atoms with van der Waals surface area (Å²) in [5, 5.41) is 3.47. The Kier molecular flexibility index (Phi) is 4.51. The van der Waals surface area contributed by atoms with Crippen molar-refractivity contribution in [1.82, 2.24) is 0 Å². The molecule has 3 heteroatoms. The minimum absolute atomic E-state index is 0.215. The molecule has 3 nitrogen and oxygen atoms in total. The van der Waals surface area contributed by atoms with Crippen LogP contribution in [0.5, 0.6) is 11.5 Å². The summed E-state index contributed by atoms with van der Waals surface area (Å²) in [6.07, 6.45) is 0. The third kappa shape index (κ3) is 3.44. The summed E-state index contributed by atoms with van der Waals surface area (Å²) in [5.41, 5.74) is 3.50. The highest BCUT2D eigenvalue weighted by molar-refractivity contribution is 5.55. The van der Waals surface area contributed by atoms with Gasteiger partial charge in [-0.3, -0.25) is 0 Å². The third-order valence-corrected chi connectivity index (χ3v) is 3.28. The molecule has 2 aromatic carbocycles. The first-order valence-corrected chi connectivity index (χ1v) is 6.68. The molecule has 2 rings (SSSR count). The zero-order chi connectivity index (χ0) is 14.5. The summed E-state index contributed by atoms with van der Waals surface area (Å²) < 4.78 is 10.6. The predicted molar refractivity (Wildman–Crippen MR) is 82.8 cm³/mol. The lowest BCUT2D eigenvalue weighted by atomic mass is 10.1. The number of methoxy groups -OCH3 is 2. The Labute approximate surface area is 120 Å². The van der Waals surface area contributed by atoms with Gasteiger partial charge in [-0.1, -0.05) is 29.8 Å². The second kappa shape index (κ2) is 6.33. The van der Waals surface area contributed by atoms with Crippen molar-refractivity contribution in [1.29, 1.82) is 0 Å². The average molecular weight is 271 g/mol. The minimum Gasteiger partial charge on any atom is -0.497 e. The van der Waals surface area contributed by atoms with E-state index in [9.17, 15) is 0 Å². The van der Waals surface area contributed by atoms with Gasteiger partial charge in [-0.15, -0.1) is 0 Å². The third-order valence-electron chi connectivity index (χ3n) is 3.28. The largest absolute Gasteiger partial charge is 0.497 e. The van der Waals surface area contributed by atoms with Crippen molar-refractivity contribution in [3.05, 3.63) is 53.6 Å². The molecule has 0 spiro atoms. The zero-order valence-electron chi connectivity index (χ0n) is 12.4. The van der Waals surface area contributed by atoms with E-state index in [0.29, 0.717) is 0 Å². The van der Waals surface area contributed by atoms with Gasteiger partial charge in [0, 0.05) is 29.9 Å². The summed E-state index contributed by atoms with van der Waals surface area (Å²) in [5.74, 6) is 1.56. The van der Waals surface area contributed by atoms with Crippen molar-refractivity contribution in [2.24, 2.45) is 0 Å². The molecule has 20 heavy (non-hydrogen) atoms. The van der Waals surface area contributed by atoms with Crippen LogP contribution in [0, 0.1) is 6.92 Å². The van der Waals surface area contributed by atoms with Crippen molar-refractivity contribution in [3.63, 3.8) is 0 Å². The van der Waals surface area contributed by atoms with E-state index in [2.05, 4.69) is 43.4 Å². The van der Waals surface area contributed by atoms with E-state index in [4.69, 9.17) is 9.47 Å². The Morgan fingerprint density at radius 2 is 1.60 bits per heavy atom. The fourth-order valence-corrected chi connectivity index (χ4v) is 2.16. The Hall–Kier alpha value is -2.16. The monoisotopic (exact) mass is 271 g/mol. The molecule has 0 fully saturated rings. The molecule has 0 aliphatic carbocycles. The van der Waals surface area contributed by atoms with Gasteiger partial charge >= 0.3 is 0 Å². The van der Waals surface area contributed by atoms with Gasteiger partial charge in [0.2, 0.25) is 0 Å². The summed E-state index contributed by atoms with van der Waals surface area (Å²) in [7, 11) is 3.31. The highest BCUT2D eigenvalue weighted by Crippen LogP contribution is 2.28. The number of benzene rings is 2. The van der Waals surface area contributed by atoms with Crippen molar-refractivity contribution in [2.75, 3.05) is 19.5 Å². The van der Waals surface area contributed by atoms with E-state index < -0.39 is 0 Å². The molecule has 1 atom stereocenters. The number of aryl methyl sites for hydroxylation is 1. The SMILES string of the molecule is COc1cc(NC(C)c2cccc(C)c2)cc(OC)c1. The maximum absolute atomic E-state index is 5.28. The quantitative estimate of drug-likeness (QED) is 0.884. The molecular formula is C17H21NO2. The van der Waals surface area contributed by atoms with Crippen LogP contribution < -0.4 is 14.8 Å². The number of nitrogens with one attached hydrogen (secondary N) is 1. The molecule has 0 amide bonds. The second-order valence-electron chi connectivity index (χ2n) is 4.88. The number of hydrogen-bond donors (Lipinski definition) is 1. The van der Waals surface area contributed by atoms with E-state index in [-0.39, 0.29) is 6.04 Å². The lowest BCUT2D eigenvalue weighted by Gasteiger charge is -2.17. The fraction of sp³-hybridized carbons (Fsp3) is 0.294. The Morgan fingerprint density at radius 1 is 0.950 bits per heavy atom. The molecule has 106 valence electrons. The van der Waals surface area contributed by atoms with E-state index in [1.807, 2.05) is 18.2 Å². The van der Waals surface area contributed by atoms with E-state index >= 15 is 0 Å². The van der Waals surface area contributed by atoms with Gasteiger partial charge < -0.3 is 14.8 Å². The number of hydrogen-bond acceptors (Lipinski definition) is 3. The van der Waals surface area contributed by atoms with Crippen molar-refractivity contribution in [2.45, 2.75) is 19.9 Å². The summed E-state index contributed by atoms with van der Waals surface area (Å²) >= 11 is 0. The molecule has 0 aliphatic heterocycles. The molecule has 0 radical (unpaired) electrons. The maximum atomic E-state index is 5.28. The van der Waals surface area contributed by atoms with Gasteiger partial charge in [0.25, 0.3) is 0 Å². The van der Waals surface area contributed by atoms with Crippen molar-refractivity contribution in [3.8, 4) is 11.5 Å². The normalized spacial score (nSPS) is 11.8. The zero-order valence-corrected chi connectivity index (χ0v) is 12.4. The standard InChI is InChI=1S/C17H21NO2/c1-12-6-5-7-14(8-12)13(2)18-15-9-16(19-3)11-17(10-15)20-4/h5-11,13,18H,1-4H3. The first kappa shape index (κ1) is 14.3. The molecule has 0 heterocycles. The van der Waals surface area contributed by atoms with Crippen LogP contribution in [0.4, 0.5) is 5.69 Å². The van der Waals surface area contributed by atoms with E-state index in [1.54, 1.807) is 14.2 Å². The molecule has 0 saturated carbocycles. The fourth-order valence-electron chi connectivity index (χ4n) is 2.16. The average Bonchev–Trinajstić information content (AvgIpc) is 2.46. The van der Waals surface area contributed by atoms with Gasteiger partial charge in [-0.05, 0) is 19.4 Å². The van der Waals surface area contributed by atoms with Crippen LogP contribution in [0.25, 0.3) is 0 Å². The van der Waals surface area contributed by atoms with Gasteiger partial charge in [0.15, 0.2) is 0 Å². The van der Waals surface area contributed by atoms with Crippen LogP contribution in [0.1, 0.15) is 24.1 Å². The molecule has 0 bridgehead atoms. The number of ether oxygens (including phenoxy) is 2. The minimum atomic E-state index is 0.215. The Morgan fingerprint density at radius 3 is 2.15 bits per heavy atom. The maximum Gasteiger partial charge on any atom is 0.124 e. The molecule has 1 N–H and O–H groups in total. The van der Waals surface area contributed by atoms with Gasteiger partial charge in [-0.25, -0.2) is 0 Å². The molecule has 1 unspecified atom stereocenters. The smallest absolute Gasteiger partial charge is 0.124 e. The topological polar surface area (TPSA) is 30.5 Å². The van der Waals surface area contributed by atoms with Crippen LogP contribution in [0.15, 0.2) is 42.5 Å². The number of rotatable bonds is 5. The van der Waals surface area contributed by atoms with Crippen LogP contribution in [0.2, 0.25) is 0 Å². The summed E-state index contributed by atoms with van der Waals surface area (Å²) in [6, 6.07) is 14.5. The highest BCUT2D eigenvalue weighted by Gasteiger charge is 2.07. The molecular weight excluding hydrogens is 250 g/mol. The Bertz CT molecular complexity index is 559. The van der Waals surface area contributed by atoms with Gasteiger partial charge in [0.05, 0.1) is 14.2 Å². The Balaban J connectivity index is 2.20. The lowest BCUT2D eigenvalue weighted by molar-refractivity contribution is 0.394. The van der Waals surface area contributed by atoms with Crippen LogP contribution in [-0.2, 0) is 0 Å². The summed E-state index contributed by atoms with van der Waals surface area (Å²) in [6.45, 7) is 4.24. The molecule has 0 aromatic heterocycles. The van der Waals surface area contributed by atoms with Crippen molar-refractivity contribution < 1.29 is 9.47 Å². The van der Waals surface area contributed by atoms with Crippen LogP contribution in [-0.4, -0.2) is 14.2 Å². The van der Waals surface area contributed by atoms with Crippen molar-refractivity contribution >= 4 is 5.69 Å². The molecule has 2 aromatic rings. The number of anilines is 1.